The Hall–Kier alpha value is -2.70. The average molecular weight is 294 g/mol. The van der Waals surface area contributed by atoms with Gasteiger partial charge in [-0.15, -0.1) is 0 Å². The first kappa shape index (κ1) is 13.3. The maximum absolute atomic E-state index is 12.8. The van der Waals surface area contributed by atoms with Crippen molar-refractivity contribution in [1.29, 1.82) is 0 Å². The molecule has 0 aliphatic carbocycles. The molecule has 108 valence electrons. The first-order chi connectivity index (χ1) is 9.97. The largest absolute Gasteiger partial charge is 0.472 e. The number of hydrogen-bond acceptors (Lipinski definition) is 4. The molecule has 0 radical (unpaired) electrons. The molecule has 4 nitrogen and oxygen atoms in total. The molecular formula is C14H9F3N2O2. The summed E-state index contributed by atoms with van der Waals surface area (Å²) in [5, 5.41) is 3.79. The highest BCUT2D eigenvalue weighted by atomic mass is 19.4. The minimum atomic E-state index is -4.43. The molecule has 0 saturated heterocycles. The molecule has 0 atom stereocenters. The van der Waals surface area contributed by atoms with Gasteiger partial charge in [-0.05, 0) is 23.8 Å². The van der Waals surface area contributed by atoms with Crippen LogP contribution in [0.25, 0.3) is 22.4 Å². The Morgan fingerprint density at radius 1 is 1.10 bits per heavy atom. The van der Waals surface area contributed by atoms with E-state index in [4.69, 9.17) is 14.7 Å². The Bertz CT molecular complexity index is 761. The monoisotopic (exact) mass is 294 g/mol. The van der Waals surface area contributed by atoms with Crippen LogP contribution >= 0.6 is 0 Å². The van der Waals surface area contributed by atoms with E-state index in [1.165, 1.54) is 24.7 Å². The van der Waals surface area contributed by atoms with E-state index in [0.717, 1.165) is 12.1 Å². The van der Waals surface area contributed by atoms with Gasteiger partial charge in [0.2, 0.25) is 5.88 Å². The summed E-state index contributed by atoms with van der Waals surface area (Å²) in [7, 11) is 0. The van der Waals surface area contributed by atoms with Crippen LogP contribution in [0.5, 0.6) is 0 Å². The van der Waals surface area contributed by atoms with Gasteiger partial charge in [-0.1, -0.05) is 17.3 Å². The molecule has 0 amide bonds. The second-order valence-electron chi connectivity index (χ2n) is 4.36. The molecular weight excluding hydrogens is 285 g/mol. The molecule has 3 aromatic rings. The Morgan fingerprint density at radius 2 is 1.90 bits per heavy atom. The van der Waals surface area contributed by atoms with Crippen molar-refractivity contribution in [2.75, 3.05) is 5.73 Å². The molecule has 0 aliphatic heterocycles. The number of aromatic nitrogens is 1. The lowest BCUT2D eigenvalue weighted by molar-refractivity contribution is -0.137. The maximum Gasteiger partial charge on any atom is 0.416 e. The van der Waals surface area contributed by atoms with Crippen LogP contribution in [0.2, 0.25) is 0 Å². The van der Waals surface area contributed by atoms with Gasteiger partial charge in [0.1, 0.15) is 5.69 Å². The van der Waals surface area contributed by atoms with Crippen molar-refractivity contribution in [3.63, 3.8) is 0 Å². The second kappa shape index (κ2) is 4.69. The van der Waals surface area contributed by atoms with Crippen LogP contribution in [0.1, 0.15) is 5.56 Å². The summed E-state index contributed by atoms with van der Waals surface area (Å²) < 4.78 is 48.2. The van der Waals surface area contributed by atoms with Crippen molar-refractivity contribution in [2.45, 2.75) is 6.18 Å². The third-order valence-electron chi connectivity index (χ3n) is 2.99. The van der Waals surface area contributed by atoms with Gasteiger partial charge in [0, 0.05) is 5.56 Å². The molecule has 0 saturated carbocycles. The number of rotatable bonds is 2. The fourth-order valence-corrected chi connectivity index (χ4v) is 2.03. The molecule has 0 spiro atoms. The summed E-state index contributed by atoms with van der Waals surface area (Å²) in [6.07, 6.45) is -1.59. The van der Waals surface area contributed by atoms with E-state index in [2.05, 4.69) is 5.16 Å². The van der Waals surface area contributed by atoms with Gasteiger partial charge in [-0.3, -0.25) is 0 Å². The van der Waals surface area contributed by atoms with Crippen molar-refractivity contribution in [1.82, 2.24) is 5.16 Å². The maximum atomic E-state index is 12.8. The summed E-state index contributed by atoms with van der Waals surface area (Å²) in [6, 6.07) is 6.44. The fraction of sp³-hybridized carbons (Fsp3) is 0.0714. The number of alkyl halides is 3. The molecule has 21 heavy (non-hydrogen) atoms. The van der Waals surface area contributed by atoms with Crippen molar-refractivity contribution < 1.29 is 22.1 Å². The molecule has 3 rings (SSSR count). The van der Waals surface area contributed by atoms with Gasteiger partial charge in [0.15, 0.2) is 0 Å². The Kier molecular flexibility index (Phi) is 2.97. The number of nitrogen functional groups attached to an aromatic ring is 1. The minimum Gasteiger partial charge on any atom is -0.472 e. The highest BCUT2D eigenvalue weighted by Gasteiger charge is 2.31. The average Bonchev–Trinajstić information content (AvgIpc) is 3.06. The van der Waals surface area contributed by atoms with Crippen LogP contribution in [-0.4, -0.2) is 5.16 Å². The normalized spacial score (nSPS) is 11.8. The van der Waals surface area contributed by atoms with Gasteiger partial charge in [-0.2, -0.15) is 13.2 Å². The molecule has 2 heterocycles. The summed E-state index contributed by atoms with van der Waals surface area (Å²) >= 11 is 0. The van der Waals surface area contributed by atoms with E-state index in [9.17, 15) is 13.2 Å². The lowest BCUT2D eigenvalue weighted by atomic mass is 10.0. The van der Waals surface area contributed by atoms with Crippen molar-refractivity contribution in [3.05, 3.63) is 48.4 Å². The first-order valence-electron chi connectivity index (χ1n) is 5.92. The number of nitrogens with two attached hydrogens (primary N) is 1. The van der Waals surface area contributed by atoms with Crippen molar-refractivity contribution in [2.24, 2.45) is 0 Å². The predicted octanol–water partition coefficient (Wildman–Crippen LogP) is 4.20. The minimum absolute atomic E-state index is 0.0504. The summed E-state index contributed by atoms with van der Waals surface area (Å²) in [5.41, 5.74) is 6.42. The smallest absolute Gasteiger partial charge is 0.416 e. The van der Waals surface area contributed by atoms with Gasteiger partial charge >= 0.3 is 6.18 Å². The third kappa shape index (κ3) is 2.37. The zero-order chi connectivity index (χ0) is 15.0. The zero-order valence-electron chi connectivity index (χ0n) is 10.5. The Labute approximate surface area is 117 Å². The first-order valence-corrected chi connectivity index (χ1v) is 5.92. The van der Waals surface area contributed by atoms with Gasteiger partial charge in [0.05, 0.1) is 23.7 Å². The van der Waals surface area contributed by atoms with E-state index in [0.29, 0.717) is 16.8 Å². The highest BCUT2D eigenvalue weighted by Crippen LogP contribution is 2.38. The van der Waals surface area contributed by atoms with E-state index >= 15 is 0 Å². The fourth-order valence-electron chi connectivity index (χ4n) is 2.03. The van der Waals surface area contributed by atoms with Crippen LogP contribution in [-0.2, 0) is 6.18 Å². The SMILES string of the molecule is Nc1onc(-c2ccoc2)c1-c1cccc(C(F)(F)F)c1. The molecule has 0 aliphatic rings. The van der Waals surface area contributed by atoms with Crippen LogP contribution in [0.4, 0.5) is 19.1 Å². The van der Waals surface area contributed by atoms with E-state index in [1.54, 1.807) is 6.07 Å². The Balaban J connectivity index is 2.16. The quantitative estimate of drug-likeness (QED) is 0.769. The van der Waals surface area contributed by atoms with Crippen LogP contribution in [0, 0.1) is 0 Å². The van der Waals surface area contributed by atoms with Crippen LogP contribution in [0.3, 0.4) is 0 Å². The lowest BCUT2D eigenvalue weighted by Gasteiger charge is -2.08. The Morgan fingerprint density at radius 3 is 2.57 bits per heavy atom. The predicted molar refractivity (Wildman–Crippen MR) is 69.1 cm³/mol. The van der Waals surface area contributed by atoms with Crippen molar-refractivity contribution >= 4 is 5.88 Å². The molecule has 0 fully saturated rings. The zero-order valence-corrected chi connectivity index (χ0v) is 10.5. The number of anilines is 1. The van der Waals surface area contributed by atoms with E-state index in [-0.39, 0.29) is 11.4 Å². The summed E-state index contributed by atoms with van der Waals surface area (Å²) in [4.78, 5) is 0. The molecule has 0 unspecified atom stereocenters. The standard InChI is InChI=1S/C14H9F3N2O2/c15-14(16,17)10-3-1-2-8(6-10)11-12(19-21-13(11)18)9-4-5-20-7-9/h1-7H,18H2. The number of hydrogen-bond donors (Lipinski definition) is 1. The lowest BCUT2D eigenvalue weighted by Crippen LogP contribution is -2.04. The molecule has 0 bridgehead atoms. The number of nitrogens with zero attached hydrogens (tertiary/aromatic N) is 1. The summed E-state index contributed by atoms with van der Waals surface area (Å²) in [5.74, 6) is -0.0504. The van der Waals surface area contributed by atoms with Gasteiger partial charge in [-0.25, -0.2) is 0 Å². The second-order valence-corrected chi connectivity index (χ2v) is 4.36. The van der Waals surface area contributed by atoms with Gasteiger partial charge < -0.3 is 14.7 Å². The van der Waals surface area contributed by atoms with E-state index < -0.39 is 11.7 Å². The number of halogens is 3. The molecule has 7 heteroatoms. The molecule has 1 aromatic carbocycles. The van der Waals surface area contributed by atoms with E-state index in [1.807, 2.05) is 0 Å². The summed E-state index contributed by atoms with van der Waals surface area (Å²) in [6.45, 7) is 0. The molecule has 2 aromatic heterocycles. The highest BCUT2D eigenvalue weighted by molar-refractivity contribution is 5.86. The number of furan rings is 1. The third-order valence-corrected chi connectivity index (χ3v) is 2.99. The topological polar surface area (TPSA) is 65.2 Å². The van der Waals surface area contributed by atoms with Crippen LogP contribution in [0.15, 0.2) is 51.8 Å². The van der Waals surface area contributed by atoms with Crippen molar-refractivity contribution in [3.8, 4) is 22.4 Å². The van der Waals surface area contributed by atoms with Gasteiger partial charge in [0.25, 0.3) is 0 Å². The number of benzene rings is 1. The molecule has 2 N–H and O–H groups in total. The van der Waals surface area contributed by atoms with Crippen LogP contribution < -0.4 is 5.73 Å².